The number of hydrogen-bond acceptors (Lipinski definition) is 5. The number of nitrogens with two attached hydrogens (primary N) is 1. The van der Waals surface area contributed by atoms with E-state index in [1.807, 2.05) is 6.07 Å². The van der Waals surface area contributed by atoms with Gasteiger partial charge in [0.2, 0.25) is 11.9 Å². The fourth-order valence-electron chi connectivity index (χ4n) is 1.09. The highest BCUT2D eigenvalue weighted by Crippen LogP contribution is 2.13. The Balaban J connectivity index is 2.15. The van der Waals surface area contributed by atoms with Crippen LogP contribution in [0.15, 0.2) is 24.3 Å². The summed E-state index contributed by atoms with van der Waals surface area (Å²) in [6, 6.07) is 8.99. The topological polar surface area (TPSA) is 103 Å². The van der Waals surface area contributed by atoms with Crippen molar-refractivity contribution in [1.82, 2.24) is 15.2 Å². The van der Waals surface area contributed by atoms with Crippen molar-refractivity contribution in [3.8, 4) is 6.07 Å². The molecule has 0 bridgehead atoms. The Kier molecular flexibility index (Phi) is 2.21. The van der Waals surface area contributed by atoms with Crippen molar-refractivity contribution in [2.45, 2.75) is 0 Å². The molecule has 15 heavy (non-hydrogen) atoms. The molecule has 0 fully saturated rings. The van der Waals surface area contributed by atoms with Crippen LogP contribution in [0.1, 0.15) is 5.56 Å². The highest BCUT2D eigenvalue weighted by atomic mass is 15.3. The summed E-state index contributed by atoms with van der Waals surface area (Å²) < 4.78 is 0. The predicted molar refractivity (Wildman–Crippen MR) is 55.2 cm³/mol. The quantitative estimate of drug-likeness (QED) is 0.671. The third-order valence-electron chi connectivity index (χ3n) is 1.77. The van der Waals surface area contributed by atoms with Gasteiger partial charge in [0.15, 0.2) is 0 Å². The molecule has 0 unspecified atom stereocenters. The molecule has 0 aliphatic carbocycles. The van der Waals surface area contributed by atoms with Crippen LogP contribution in [0.4, 0.5) is 17.6 Å². The summed E-state index contributed by atoms with van der Waals surface area (Å²) in [6.07, 6.45) is 0. The summed E-state index contributed by atoms with van der Waals surface area (Å²) in [5.74, 6) is 0.656. The number of rotatable bonds is 2. The maximum Gasteiger partial charge on any atom is 0.248 e. The standard InChI is InChI=1S/C9H8N6/c10-5-6-1-3-7(4-2-6)12-9-13-8(11)14-15-9/h1-4H,(H4,11,12,13,14,15). The highest BCUT2D eigenvalue weighted by Gasteiger charge is 1.99. The van der Waals surface area contributed by atoms with Gasteiger partial charge in [-0.05, 0) is 24.3 Å². The molecule has 6 nitrogen and oxygen atoms in total. The minimum atomic E-state index is 0.256. The van der Waals surface area contributed by atoms with E-state index in [0.717, 1.165) is 5.69 Å². The maximum atomic E-state index is 8.60. The van der Waals surface area contributed by atoms with Gasteiger partial charge in [0.1, 0.15) is 0 Å². The minimum Gasteiger partial charge on any atom is -0.368 e. The lowest BCUT2D eigenvalue weighted by molar-refractivity contribution is 1.10. The Morgan fingerprint density at radius 3 is 2.60 bits per heavy atom. The molecule has 0 amide bonds. The summed E-state index contributed by atoms with van der Waals surface area (Å²) in [6.45, 7) is 0. The lowest BCUT2D eigenvalue weighted by atomic mass is 10.2. The average molecular weight is 200 g/mol. The fourth-order valence-corrected chi connectivity index (χ4v) is 1.09. The molecule has 0 saturated heterocycles. The molecular weight excluding hydrogens is 192 g/mol. The first-order valence-corrected chi connectivity index (χ1v) is 4.23. The van der Waals surface area contributed by atoms with E-state index in [9.17, 15) is 0 Å². The van der Waals surface area contributed by atoms with Crippen molar-refractivity contribution >= 4 is 17.6 Å². The van der Waals surface area contributed by atoms with Crippen molar-refractivity contribution in [3.05, 3.63) is 29.8 Å². The van der Waals surface area contributed by atoms with E-state index in [0.29, 0.717) is 11.5 Å². The molecule has 1 aromatic carbocycles. The van der Waals surface area contributed by atoms with Crippen LogP contribution in [0.2, 0.25) is 0 Å². The molecule has 0 aliphatic heterocycles. The van der Waals surface area contributed by atoms with Gasteiger partial charge < -0.3 is 11.1 Å². The number of nitrogens with one attached hydrogen (secondary N) is 2. The van der Waals surface area contributed by atoms with Crippen LogP contribution in [-0.4, -0.2) is 15.2 Å². The van der Waals surface area contributed by atoms with Crippen LogP contribution < -0.4 is 11.1 Å². The van der Waals surface area contributed by atoms with Gasteiger partial charge in [0.25, 0.3) is 0 Å². The first kappa shape index (κ1) is 9.02. The Morgan fingerprint density at radius 2 is 2.07 bits per heavy atom. The third kappa shape index (κ3) is 2.03. The molecule has 0 atom stereocenters. The van der Waals surface area contributed by atoms with Gasteiger partial charge in [-0.1, -0.05) is 0 Å². The number of aromatic nitrogens is 3. The van der Waals surface area contributed by atoms with Gasteiger partial charge >= 0.3 is 0 Å². The number of nitriles is 1. The molecule has 2 aromatic rings. The van der Waals surface area contributed by atoms with E-state index in [1.165, 1.54) is 0 Å². The Labute approximate surface area is 85.8 Å². The molecule has 2 rings (SSSR count). The van der Waals surface area contributed by atoms with Crippen molar-refractivity contribution < 1.29 is 0 Å². The number of nitrogen functional groups attached to an aromatic ring is 1. The number of benzene rings is 1. The van der Waals surface area contributed by atoms with E-state index < -0.39 is 0 Å². The predicted octanol–water partition coefficient (Wildman–Crippen LogP) is 1.00. The lowest BCUT2D eigenvalue weighted by Gasteiger charge is -2.00. The summed E-state index contributed by atoms with van der Waals surface area (Å²) in [7, 11) is 0. The van der Waals surface area contributed by atoms with Crippen LogP contribution in [-0.2, 0) is 0 Å². The highest BCUT2D eigenvalue weighted by molar-refractivity contribution is 5.55. The zero-order chi connectivity index (χ0) is 10.7. The molecule has 1 aromatic heterocycles. The number of anilines is 3. The Hall–Kier alpha value is -2.55. The van der Waals surface area contributed by atoms with Gasteiger partial charge in [-0.15, -0.1) is 5.10 Å². The van der Waals surface area contributed by atoms with Crippen LogP contribution in [0.3, 0.4) is 0 Å². The molecule has 74 valence electrons. The van der Waals surface area contributed by atoms with Gasteiger partial charge in [-0.2, -0.15) is 10.2 Å². The summed E-state index contributed by atoms with van der Waals surface area (Å²) in [5.41, 5.74) is 6.77. The second-order valence-corrected chi connectivity index (χ2v) is 2.86. The van der Waals surface area contributed by atoms with Crippen LogP contribution in [0.25, 0.3) is 0 Å². The lowest BCUT2D eigenvalue weighted by Crippen LogP contribution is -1.92. The smallest absolute Gasteiger partial charge is 0.248 e. The van der Waals surface area contributed by atoms with Crippen LogP contribution in [0.5, 0.6) is 0 Å². The van der Waals surface area contributed by atoms with Crippen molar-refractivity contribution in [2.75, 3.05) is 11.1 Å². The maximum absolute atomic E-state index is 8.60. The first-order chi connectivity index (χ1) is 7.28. The van der Waals surface area contributed by atoms with E-state index in [2.05, 4.69) is 20.5 Å². The van der Waals surface area contributed by atoms with Crippen LogP contribution >= 0.6 is 0 Å². The zero-order valence-electron chi connectivity index (χ0n) is 7.73. The van der Waals surface area contributed by atoms with E-state index >= 15 is 0 Å². The van der Waals surface area contributed by atoms with E-state index in [1.54, 1.807) is 24.3 Å². The minimum absolute atomic E-state index is 0.256. The molecule has 0 spiro atoms. The molecular formula is C9H8N6. The first-order valence-electron chi connectivity index (χ1n) is 4.23. The number of H-pyrrole nitrogens is 1. The number of aromatic amines is 1. The molecule has 6 heteroatoms. The van der Waals surface area contributed by atoms with Crippen molar-refractivity contribution in [1.29, 1.82) is 5.26 Å². The zero-order valence-corrected chi connectivity index (χ0v) is 7.73. The number of nitrogens with zero attached hydrogens (tertiary/aromatic N) is 3. The van der Waals surface area contributed by atoms with Crippen molar-refractivity contribution in [3.63, 3.8) is 0 Å². The fraction of sp³-hybridized carbons (Fsp3) is 0. The summed E-state index contributed by atoms with van der Waals surface area (Å²) in [5, 5.41) is 17.9. The number of hydrogen-bond donors (Lipinski definition) is 3. The summed E-state index contributed by atoms with van der Waals surface area (Å²) in [4.78, 5) is 3.88. The largest absolute Gasteiger partial charge is 0.368 e. The summed E-state index contributed by atoms with van der Waals surface area (Å²) >= 11 is 0. The average Bonchev–Trinajstić information content (AvgIpc) is 2.65. The van der Waals surface area contributed by atoms with E-state index in [4.69, 9.17) is 11.0 Å². The molecule has 1 heterocycles. The second kappa shape index (κ2) is 3.67. The molecule has 0 saturated carbocycles. The Bertz CT molecular complexity index is 492. The monoisotopic (exact) mass is 200 g/mol. The van der Waals surface area contributed by atoms with Crippen LogP contribution in [0, 0.1) is 11.3 Å². The molecule has 4 N–H and O–H groups in total. The van der Waals surface area contributed by atoms with Gasteiger partial charge in [-0.3, -0.25) is 0 Å². The SMILES string of the molecule is N#Cc1ccc(Nc2n[nH]c(N)n2)cc1. The van der Waals surface area contributed by atoms with Crippen molar-refractivity contribution in [2.24, 2.45) is 0 Å². The van der Waals surface area contributed by atoms with Gasteiger partial charge in [0, 0.05) is 5.69 Å². The normalized spacial score (nSPS) is 9.53. The van der Waals surface area contributed by atoms with E-state index in [-0.39, 0.29) is 5.95 Å². The molecule has 0 radical (unpaired) electrons. The third-order valence-corrected chi connectivity index (χ3v) is 1.77. The Morgan fingerprint density at radius 1 is 1.33 bits per heavy atom. The van der Waals surface area contributed by atoms with Gasteiger partial charge in [0.05, 0.1) is 11.6 Å². The molecule has 0 aliphatic rings. The second-order valence-electron chi connectivity index (χ2n) is 2.86. The van der Waals surface area contributed by atoms with Gasteiger partial charge in [-0.25, -0.2) is 5.10 Å².